The molecule has 0 bridgehead atoms. The molecular weight excluding hydrogens is 210 g/mol. The Balaban J connectivity index is 2.57. The van der Waals surface area contributed by atoms with Crippen molar-refractivity contribution in [1.82, 2.24) is 0 Å². The average Bonchev–Trinajstić information content (AvgIpc) is 2.14. The zero-order valence-corrected chi connectivity index (χ0v) is 8.37. The summed E-state index contributed by atoms with van der Waals surface area (Å²) in [5.74, 6) is -0.921. The quantitative estimate of drug-likeness (QED) is 0.726. The van der Waals surface area contributed by atoms with E-state index in [4.69, 9.17) is 11.5 Å². The summed E-state index contributed by atoms with van der Waals surface area (Å²) in [7, 11) is 0. The molecule has 82 valence electrons. The number of benzene rings is 2. The number of hydrogen-bond donors (Lipinski definition) is 2. The lowest BCUT2D eigenvalue weighted by atomic mass is 10.0. The zero-order valence-electron chi connectivity index (χ0n) is 8.37. The highest BCUT2D eigenvalue weighted by atomic mass is 19.1. The van der Waals surface area contributed by atoms with Crippen LogP contribution in [0.5, 0.6) is 0 Å². The fourth-order valence-electron chi connectivity index (χ4n) is 1.56. The van der Waals surface area contributed by atoms with Gasteiger partial charge in [0.15, 0.2) is 0 Å². The maximum absolute atomic E-state index is 13.1. The van der Waals surface area contributed by atoms with Crippen LogP contribution in [0.2, 0.25) is 0 Å². The summed E-state index contributed by atoms with van der Waals surface area (Å²) in [5, 5.41) is 0. The van der Waals surface area contributed by atoms with Gasteiger partial charge >= 0.3 is 0 Å². The molecule has 0 unspecified atom stereocenters. The first-order chi connectivity index (χ1) is 7.54. The fraction of sp³-hybridized carbons (Fsp3) is 0. The highest BCUT2D eigenvalue weighted by molar-refractivity contribution is 5.70. The molecule has 0 aliphatic carbocycles. The maximum Gasteiger partial charge on any atom is 0.125 e. The number of nitrogens with two attached hydrogens (primary N) is 2. The molecular formula is C12H10F2N2. The minimum atomic E-state index is -0.460. The molecule has 0 amide bonds. The normalized spacial score (nSPS) is 10.4. The van der Waals surface area contributed by atoms with Gasteiger partial charge in [-0.2, -0.15) is 0 Å². The van der Waals surface area contributed by atoms with Gasteiger partial charge in [0.1, 0.15) is 11.6 Å². The molecule has 4 heteroatoms. The highest BCUT2D eigenvalue weighted by Crippen LogP contribution is 2.25. The maximum atomic E-state index is 13.1. The molecule has 0 atom stereocenters. The third-order valence-electron chi connectivity index (χ3n) is 2.17. The average molecular weight is 220 g/mol. The predicted octanol–water partition coefficient (Wildman–Crippen LogP) is 2.80. The van der Waals surface area contributed by atoms with Gasteiger partial charge in [-0.05, 0) is 47.5 Å². The SMILES string of the molecule is Nc1cc(F)cc(-c2cc(N)cc(F)c2)c1. The lowest BCUT2D eigenvalue weighted by Crippen LogP contribution is -1.91. The number of nitrogen functional groups attached to an aromatic ring is 2. The van der Waals surface area contributed by atoms with Crippen LogP contribution in [-0.2, 0) is 0 Å². The molecule has 2 aromatic rings. The molecule has 4 N–H and O–H groups in total. The topological polar surface area (TPSA) is 52.0 Å². The lowest BCUT2D eigenvalue weighted by molar-refractivity contribution is 0.626. The second kappa shape index (κ2) is 3.81. The molecule has 16 heavy (non-hydrogen) atoms. The van der Waals surface area contributed by atoms with Crippen molar-refractivity contribution in [3.05, 3.63) is 48.0 Å². The van der Waals surface area contributed by atoms with E-state index in [1.807, 2.05) is 0 Å². The van der Waals surface area contributed by atoms with Gasteiger partial charge in [0.25, 0.3) is 0 Å². The summed E-state index contributed by atoms with van der Waals surface area (Å²) in [6.07, 6.45) is 0. The second-order valence-corrected chi connectivity index (χ2v) is 3.55. The molecule has 0 saturated carbocycles. The number of hydrogen-bond acceptors (Lipinski definition) is 2. The van der Waals surface area contributed by atoms with Crippen LogP contribution in [0, 0.1) is 11.6 Å². The van der Waals surface area contributed by atoms with Gasteiger partial charge in [-0.1, -0.05) is 0 Å². The first-order valence-electron chi connectivity index (χ1n) is 4.67. The first kappa shape index (κ1) is 10.4. The third kappa shape index (κ3) is 2.11. The highest BCUT2D eigenvalue weighted by Gasteiger charge is 2.04. The van der Waals surface area contributed by atoms with Crippen molar-refractivity contribution in [3.8, 4) is 11.1 Å². The number of anilines is 2. The summed E-state index contributed by atoms with van der Waals surface area (Å²) in [5.41, 5.74) is 12.6. The molecule has 0 aromatic heterocycles. The van der Waals surface area contributed by atoms with Crippen molar-refractivity contribution < 1.29 is 8.78 Å². The van der Waals surface area contributed by atoms with Crippen LogP contribution in [0.15, 0.2) is 36.4 Å². The molecule has 0 spiro atoms. The Morgan fingerprint density at radius 2 is 1.00 bits per heavy atom. The largest absolute Gasteiger partial charge is 0.399 e. The van der Waals surface area contributed by atoms with Crippen LogP contribution in [0.4, 0.5) is 20.2 Å². The standard InChI is InChI=1S/C12H10F2N2/c13-9-1-7(3-11(15)5-9)8-2-10(14)6-12(16)4-8/h1-6H,15-16H2. The second-order valence-electron chi connectivity index (χ2n) is 3.55. The molecule has 0 aliphatic rings. The molecule has 2 aromatic carbocycles. The van der Waals surface area contributed by atoms with E-state index in [0.717, 1.165) is 0 Å². The Kier molecular flexibility index (Phi) is 2.48. The van der Waals surface area contributed by atoms with E-state index in [2.05, 4.69) is 0 Å². The smallest absolute Gasteiger partial charge is 0.125 e. The number of halogens is 2. The first-order valence-corrected chi connectivity index (χ1v) is 4.67. The molecule has 2 rings (SSSR count). The van der Waals surface area contributed by atoms with Crippen molar-refractivity contribution in [2.24, 2.45) is 0 Å². The van der Waals surface area contributed by atoms with E-state index in [-0.39, 0.29) is 11.4 Å². The van der Waals surface area contributed by atoms with Crippen LogP contribution in [0.1, 0.15) is 0 Å². The van der Waals surface area contributed by atoms with Gasteiger partial charge in [-0.15, -0.1) is 0 Å². The summed E-state index contributed by atoms with van der Waals surface area (Å²) >= 11 is 0. The molecule has 0 saturated heterocycles. The van der Waals surface area contributed by atoms with E-state index < -0.39 is 11.6 Å². The Labute approximate surface area is 91.5 Å². The van der Waals surface area contributed by atoms with Crippen molar-refractivity contribution in [1.29, 1.82) is 0 Å². The van der Waals surface area contributed by atoms with Crippen molar-refractivity contribution in [3.63, 3.8) is 0 Å². The van der Waals surface area contributed by atoms with Crippen LogP contribution >= 0.6 is 0 Å². The predicted molar refractivity (Wildman–Crippen MR) is 60.6 cm³/mol. The van der Waals surface area contributed by atoms with Gasteiger partial charge in [0.05, 0.1) is 0 Å². The van der Waals surface area contributed by atoms with Gasteiger partial charge in [-0.3, -0.25) is 0 Å². The van der Waals surface area contributed by atoms with Gasteiger partial charge in [0.2, 0.25) is 0 Å². The molecule has 0 fully saturated rings. The van der Waals surface area contributed by atoms with Gasteiger partial charge < -0.3 is 11.5 Å². The molecule has 0 radical (unpaired) electrons. The van der Waals surface area contributed by atoms with E-state index in [1.165, 1.54) is 24.3 Å². The Bertz CT molecular complexity index is 449. The van der Waals surface area contributed by atoms with Crippen LogP contribution in [-0.4, -0.2) is 0 Å². The van der Waals surface area contributed by atoms with Gasteiger partial charge in [0, 0.05) is 11.4 Å². The summed E-state index contributed by atoms with van der Waals surface area (Å²) in [6.45, 7) is 0. The van der Waals surface area contributed by atoms with Gasteiger partial charge in [-0.25, -0.2) is 8.78 Å². The minimum absolute atomic E-state index is 0.290. The molecule has 2 nitrogen and oxygen atoms in total. The van der Waals surface area contributed by atoms with Crippen molar-refractivity contribution >= 4 is 11.4 Å². The van der Waals surface area contributed by atoms with E-state index in [9.17, 15) is 8.78 Å². The van der Waals surface area contributed by atoms with Crippen LogP contribution in [0.25, 0.3) is 11.1 Å². The van der Waals surface area contributed by atoms with E-state index in [0.29, 0.717) is 11.1 Å². The lowest BCUT2D eigenvalue weighted by Gasteiger charge is -2.05. The van der Waals surface area contributed by atoms with E-state index >= 15 is 0 Å². The monoisotopic (exact) mass is 220 g/mol. The summed E-state index contributed by atoms with van der Waals surface area (Å²) in [4.78, 5) is 0. The fourth-order valence-corrected chi connectivity index (χ4v) is 1.56. The van der Waals surface area contributed by atoms with Crippen molar-refractivity contribution in [2.75, 3.05) is 11.5 Å². The molecule has 0 heterocycles. The zero-order chi connectivity index (χ0) is 11.7. The summed E-state index contributed by atoms with van der Waals surface area (Å²) in [6, 6.07) is 8.10. The third-order valence-corrected chi connectivity index (χ3v) is 2.17. The number of rotatable bonds is 1. The molecule has 0 aliphatic heterocycles. The minimum Gasteiger partial charge on any atom is -0.399 e. The van der Waals surface area contributed by atoms with Crippen LogP contribution in [0.3, 0.4) is 0 Å². The Hall–Kier alpha value is -2.10. The Morgan fingerprint density at radius 1 is 0.625 bits per heavy atom. The summed E-state index contributed by atoms with van der Waals surface area (Å²) < 4.78 is 26.2. The van der Waals surface area contributed by atoms with Crippen LogP contribution < -0.4 is 11.5 Å². The van der Waals surface area contributed by atoms with E-state index in [1.54, 1.807) is 12.1 Å². The van der Waals surface area contributed by atoms with Crippen molar-refractivity contribution in [2.45, 2.75) is 0 Å². The Morgan fingerprint density at radius 3 is 1.31 bits per heavy atom.